The fraction of sp³-hybridized carbons (Fsp3) is 0.158. The highest BCUT2D eigenvalue weighted by molar-refractivity contribution is 6.89. The van der Waals surface area contributed by atoms with E-state index >= 15 is 0 Å². The van der Waals surface area contributed by atoms with Gasteiger partial charge in [-0.05, 0) is 28.3 Å². The van der Waals surface area contributed by atoms with Gasteiger partial charge in [-0.3, -0.25) is 0 Å². The molecule has 3 aromatic rings. The second-order valence-electron chi connectivity index (χ2n) is 13.3. The summed E-state index contributed by atoms with van der Waals surface area (Å²) in [6.45, 7) is 13.3. The molecule has 0 fully saturated rings. The van der Waals surface area contributed by atoms with Crippen LogP contribution >= 0.6 is 0 Å². The molecule has 3 aromatic carbocycles. The zero-order chi connectivity index (χ0) is 33.6. The summed E-state index contributed by atoms with van der Waals surface area (Å²) in [5, 5.41) is 63.3. The lowest BCUT2D eigenvalue weighted by atomic mass is 9.88. The number of allylic oxidation sites excluding steroid dienone is 8. The molecule has 5 rings (SSSR count). The Bertz CT molecular complexity index is 2090. The smallest absolute Gasteiger partial charge is 0.138 e. The Balaban J connectivity index is 1.84. The van der Waals surface area contributed by atoms with Gasteiger partial charge in [0.25, 0.3) is 0 Å². The van der Waals surface area contributed by atoms with E-state index in [-0.39, 0.29) is 11.1 Å². The third kappa shape index (κ3) is 5.00. The van der Waals surface area contributed by atoms with Crippen molar-refractivity contribution >= 4 is 60.0 Å². The molecule has 218 valence electrons. The van der Waals surface area contributed by atoms with Crippen LogP contribution in [0.2, 0.25) is 39.3 Å². The van der Waals surface area contributed by atoms with Crippen molar-refractivity contribution < 1.29 is 0 Å². The summed E-state index contributed by atoms with van der Waals surface area (Å²) in [4.78, 5) is 0. The first-order valence-corrected chi connectivity index (χ1v) is 21.6. The lowest BCUT2D eigenvalue weighted by Crippen LogP contribution is -2.37. The first-order chi connectivity index (χ1) is 21.8. The minimum atomic E-state index is -1.77. The molecule has 0 unspecified atom stereocenters. The van der Waals surface area contributed by atoms with Gasteiger partial charge in [0.15, 0.2) is 0 Å². The van der Waals surface area contributed by atoms with Crippen LogP contribution in [0.5, 0.6) is 0 Å². The zero-order valence-electron chi connectivity index (χ0n) is 26.5. The number of fused-ring (bicyclic) bond motifs is 2. The fourth-order valence-electron chi connectivity index (χ4n) is 6.09. The second-order valence-corrected chi connectivity index (χ2v) is 23.4. The summed E-state index contributed by atoms with van der Waals surface area (Å²) >= 11 is 0. The maximum atomic E-state index is 10.5. The minimum absolute atomic E-state index is 0.103. The van der Waals surface area contributed by atoms with Crippen LogP contribution in [0.3, 0.4) is 0 Å². The highest BCUT2D eigenvalue weighted by Crippen LogP contribution is 2.50. The molecule has 0 saturated heterocycles. The zero-order valence-corrected chi connectivity index (χ0v) is 28.5. The van der Waals surface area contributed by atoms with Crippen LogP contribution in [0.1, 0.15) is 33.4 Å². The predicted molar refractivity (Wildman–Crippen MR) is 186 cm³/mol. The van der Waals surface area contributed by atoms with Gasteiger partial charge in [-0.2, -0.15) is 31.6 Å². The summed E-state index contributed by atoms with van der Waals surface area (Å²) in [7, 11) is -3.53. The van der Waals surface area contributed by atoms with Gasteiger partial charge in [0.05, 0.1) is 27.3 Å². The third-order valence-corrected chi connectivity index (χ3v) is 12.5. The molecule has 6 nitrogen and oxygen atoms in total. The quantitative estimate of drug-likeness (QED) is 0.221. The van der Waals surface area contributed by atoms with Gasteiger partial charge >= 0.3 is 0 Å². The van der Waals surface area contributed by atoms with E-state index < -0.39 is 16.1 Å². The minimum Gasteiger partial charge on any atom is -0.192 e. The first-order valence-electron chi connectivity index (χ1n) is 14.6. The van der Waals surface area contributed by atoms with Gasteiger partial charge in [0.1, 0.15) is 47.6 Å². The maximum absolute atomic E-state index is 10.5. The molecular weight excluding hydrogens is 597 g/mol. The summed E-state index contributed by atoms with van der Waals surface area (Å²) in [5.41, 5.74) is 6.06. The molecular formula is C38H28N6Si2. The van der Waals surface area contributed by atoms with Gasteiger partial charge in [-0.25, -0.2) is 0 Å². The van der Waals surface area contributed by atoms with E-state index in [0.29, 0.717) is 66.8 Å². The van der Waals surface area contributed by atoms with Gasteiger partial charge in [0, 0.05) is 33.4 Å². The number of benzene rings is 3. The van der Waals surface area contributed by atoms with Gasteiger partial charge in [-0.1, -0.05) is 104 Å². The Morgan fingerprint density at radius 1 is 0.478 bits per heavy atom. The summed E-state index contributed by atoms with van der Waals surface area (Å²) in [5.74, 6) is 0. The predicted octanol–water partition coefficient (Wildman–Crippen LogP) is 7.27. The number of nitrogens with zero attached hydrogens (tertiary/aromatic N) is 6. The van der Waals surface area contributed by atoms with Gasteiger partial charge < -0.3 is 0 Å². The molecule has 0 bridgehead atoms. The van der Waals surface area contributed by atoms with Crippen molar-refractivity contribution in [2.45, 2.75) is 39.3 Å². The van der Waals surface area contributed by atoms with E-state index in [1.54, 1.807) is 6.07 Å². The van der Waals surface area contributed by atoms with Gasteiger partial charge in [0.2, 0.25) is 0 Å². The Labute approximate surface area is 271 Å². The molecule has 2 aliphatic carbocycles. The molecule has 2 aliphatic rings. The highest BCUT2D eigenvalue weighted by Gasteiger charge is 2.35. The molecule has 0 N–H and O–H groups in total. The normalized spacial score (nSPS) is 13.5. The SMILES string of the molecule is C[Si](C)(C)c1ccc2c(c1)C(C#N)=C(c1cccc(C3=C(C#N)c4cc([Si](C)(C)C)ccc4C3=C(C#N)C#N)c1)C2=C(C#N)C#N. The van der Waals surface area contributed by atoms with Crippen molar-refractivity contribution in [3.63, 3.8) is 0 Å². The second kappa shape index (κ2) is 11.5. The van der Waals surface area contributed by atoms with Crippen molar-refractivity contribution in [2.75, 3.05) is 0 Å². The first kappa shape index (κ1) is 31.4. The largest absolute Gasteiger partial charge is 0.192 e. The van der Waals surface area contributed by atoms with Crippen LogP contribution < -0.4 is 10.4 Å². The Morgan fingerprint density at radius 3 is 1.15 bits per heavy atom. The van der Waals surface area contributed by atoms with Crippen LogP contribution in [0.25, 0.3) is 33.4 Å². The molecule has 0 aliphatic heterocycles. The molecule has 0 amide bonds. The molecule has 46 heavy (non-hydrogen) atoms. The van der Waals surface area contributed by atoms with Crippen LogP contribution in [-0.4, -0.2) is 16.1 Å². The van der Waals surface area contributed by atoms with Crippen LogP contribution in [-0.2, 0) is 0 Å². The van der Waals surface area contributed by atoms with Crippen molar-refractivity contribution in [2.24, 2.45) is 0 Å². The summed E-state index contributed by atoms with van der Waals surface area (Å²) in [6.07, 6.45) is 0. The molecule has 0 spiro atoms. The number of rotatable bonds is 4. The van der Waals surface area contributed by atoms with E-state index in [2.05, 4.69) is 51.4 Å². The Kier molecular flexibility index (Phi) is 7.85. The van der Waals surface area contributed by atoms with E-state index in [4.69, 9.17) is 0 Å². The maximum Gasteiger partial charge on any atom is 0.138 e. The summed E-state index contributed by atoms with van der Waals surface area (Å²) < 4.78 is 0. The number of nitriles is 6. The molecule has 0 atom stereocenters. The van der Waals surface area contributed by atoms with E-state index in [1.807, 2.05) is 78.9 Å². The molecule has 0 radical (unpaired) electrons. The van der Waals surface area contributed by atoms with Crippen molar-refractivity contribution in [1.29, 1.82) is 31.6 Å². The van der Waals surface area contributed by atoms with E-state index in [0.717, 1.165) is 10.4 Å². The molecule has 0 saturated carbocycles. The summed E-state index contributed by atoms with van der Waals surface area (Å²) in [6, 6.07) is 31.9. The average molecular weight is 625 g/mol. The monoisotopic (exact) mass is 624 g/mol. The molecule has 8 heteroatoms. The average Bonchev–Trinajstić information content (AvgIpc) is 3.53. The van der Waals surface area contributed by atoms with Crippen LogP contribution in [0, 0.1) is 68.0 Å². The molecule has 0 aromatic heterocycles. The topological polar surface area (TPSA) is 143 Å². The van der Waals surface area contributed by atoms with Gasteiger partial charge in [-0.15, -0.1) is 0 Å². The fourth-order valence-corrected chi connectivity index (χ4v) is 8.41. The van der Waals surface area contributed by atoms with E-state index in [9.17, 15) is 31.6 Å². The Morgan fingerprint density at radius 2 is 0.848 bits per heavy atom. The Hall–Kier alpha value is -6.01. The van der Waals surface area contributed by atoms with E-state index in [1.165, 1.54) is 0 Å². The molecule has 0 heterocycles. The lowest BCUT2D eigenvalue weighted by molar-refractivity contribution is 1.46. The van der Waals surface area contributed by atoms with Crippen molar-refractivity contribution in [3.8, 4) is 36.4 Å². The van der Waals surface area contributed by atoms with Crippen LogP contribution in [0.4, 0.5) is 0 Å². The third-order valence-electron chi connectivity index (χ3n) is 8.46. The number of hydrogen-bond donors (Lipinski definition) is 0. The van der Waals surface area contributed by atoms with Crippen molar-refractivity contribution in [1.82, 2.24) is 0 Å². The van der Waals surface area contributed by atoms with Crippen molar-refractivity contribution in [3.05, 3.63) is 105 Å². The lowest BCUT2D eigenvalue weighted by Gasteiger charge is -2.18. The van der Waals surface area contributed by atoms with Crippen LogP contribution in [0.15, 0.2) is 71.8 Å². The highest BCUT2D eigenvalue weighted by atomic mass is 28.3. The number of hydrogen-bond acceptors (Lipinski definition) is 6. The standard InChI is InChI=1S/C38H28N6Si2/c1-45(2,3)27-10-12-29-31(15-27)33(21-43)35(37(29)25(17-39)18-40)23-8-7-9-24(14-23)36-34(22-44)32-16-28(46(4,5)6)11-13-30(32)38(36)26(19-41)20-42/h7-16H,1-6H3.